The first-order chi connectivity index (χ1) is 11.4. The maximum absolute atomic E-state index is 12.6. The van der Waals surface area contributed by atoms with E-state index in [9.17, 15) is 13.2 Å². The van der Waals surface area contributed by atoms with Crippen LogP contribution in [0.2, 0.25) is 0 Å². The Balaban J connectivity index is 2.15. The van der Waals surface area contributed by atoms with Gasteiger partial charge >= 0.3 is 0 Å². The van der Waals surface area contributed by atoms with Crippen LogP contribution in [0.15, 0.2) is 21.5 Å². The SMILES string of the molecule is CCCC[C@H](CC)CNS(=O)(=O)c1cc2c(cc1Br)NC(=O)CO2. The van der Waals surface area contributed by atoms with Crippen molar-refractivity contribution in [2.75, 3.05) is 18.5 Å². The summed E-state index contributed by atoms with van der Waals surface area (Å²) in [5.41, 5.74) is 0.464. The number of carbonyl (C=O) groups is 1. The van der Waals surface area contributed by atoms with Gasteiger partial charge in [0.2, 0.25) is 10.0 Å². The Kier molecular flexibility index (Phi) is 6.65. The summed E-state index contributed by atoms with van der Waals surface area (Å²) in [5.74, 6) is 0.424. The number of carbonyl (C=O) groups excluding carboxylic acids is 1. The Morgan fingerprint density at radius 2 is 2.12 bits per heavy atom. The third-order valence-corrected chi connectivity index (χ3v) is 6.44. The molecule has 6 nitrogen and oxygen atoms in total. The van der Waals surface area contributed by atoms with Crippen LogP contribution >= 0.6 is 15.9 Å². The van der Waals surface area contributed by atoms with Crippen molar-refractivity contribution in [1.29, 1.82) is 0 Å². The Morgan fingerprint density at radius 3 is 2.79 bits per heavy atom. The Morgan fingerprint density at radius 1 is 1.38 bits per heavy atom. The van der Waals surface area contributed by atoms with Crippen molar-refractivity contribution in [2.45, 2.75) is 44.4 Å². The highest BCUT2D eigenvalue weighted by Gasteiger charge is 2.24. The zero-order valence-corrected chi connectivity index (χ0v) is 16.3. The molecule has 2 N–H and O–H groups in total. The van der Waals surface area contributed by atoms with E-state index in [1.54, 1.807) is 6.07 Å². The maximum atomic E-state index is 12.6. The minimum absolute atomic E-state index is 0.114. The van der Waals surface area contributed by atoms with Crippen LogP contribution in [0.5, 0.6) is 5.75 Å². The zero-order valence-electron chi connectivity index (χ0n) is 13.9. The fourth-order valence-corrected chi connectivity index (χ4v) is 4.71. The predicted molar refractivity (Wildman–Crippen MR) is 96.8 cm³/mol. The predicted octanol–water partition coefficient (Wildman–Crippen LogP) is 3.27. The summed E-state index contributed by atoms with van der Waals surface area (Å²) in [5, 5.41) is 2.65. The fourth-order valence-electron chi connectivity index (χ4n) is 2.54. The molecule has 134 valence electrons. The fraction of sp³-hybridized carbons (Fsp3) is 0.562. The molecule has 1 atom stereocenters. The molecule has 0 unspecified atom stereocenters. The normalized spacial score (nSPS) is 15.4. The van der Waals surface area contributed by atoms with Crippen LogP contribution < -0.4 is 14.8 Å². The number of hydrogen-bond donors (Lipinski definition) is 2. The van der Waals surface area contributed by atoms with Crippen molar-refractivity contribution in [3.8, 4) is 5.75 Å². The molecule has 0 radical (unpaired) electrons. The van der Waals surface area contributed by atoms with Crippen molar-refractivity contribution in [2.24, 2.45) is 5.92 Å². The minimum Gasteiger partial charge on any atom is -0.482 e. The minimum atomic E-state index is -3.66. The molecule has 0 aromatic heterocycles. The average molecular weight is 419 g/mol. The topological polar surface area (TPSA) is 84.5 Å². The number of halogens is 1. The molecule has 24 heavy (non-hydrogen) atoms. The van der Waals surface area contributed by atoms with Gasteiger partial charge in [-0.2, -0.15) is 0 Å². The molecule has 0 saturated heterocycles. The van der Waals surface area contributed by atoms with E-state index < -0.39 is 10.0 Å². The molecule has 2 rings (SSSR count). The molecule has 0 fully saturated rings. The molecular formula is C16H23BrN2O4S. The van der Waals surface area contributed by atoms with Gasteiger partial charge in [-0.05, 0) is 34.3 Å². The molecule has 0 saturated carbocycles. The number of sulfonamides is 1. The van der Waals surface area contributed by atoms with Crippen molar-refractivity contribution in [3.05, 3.63) is 16.6 Å². The largest absolute Gasteiger partial charge is 0.482 e. The Labute approximate surface area is 151 Å². The van der Waals surface area contributed by atoms with Crippen molar-refractivity contribution < 1.29 is 17.9 Å². The first-order valence-electron chi connectivity index (χ1n) is 8.13. The maximum Gasteiger partial charge on any atom is 0.262 e. The van der Waals surface area contributed by atoms with Crippen LogP contribution in [0.3, 0.4) is 0 Å². The summed E-state index contributed by atoms with van der Waals surface area (Å²) in [4.78, 5) is 11.4. The molecule has 1 amide bonds. The first-order valence-corrected chi connectivity index (χ1v) is 10.4. The molecule has 1 aromatic carbocycles. The molecule has 8 heteroatoms. The standard InChI is InChI=1S/C16H23BrN2O4S/c1-3-5-6-11(4-2)9-18-24(21,22)15-8-14-13(7-12(15)17)19-16(20)10-23-14/h7-8,11,18H,3-6,9-10H2,1-2H3,(H,19,20)/t11-/m0/s1. The van der Waals surface area contributed by atoms with Crippen LogP contribution in [0.4, 0.5) is 5.69 Å². The van der Waals surface area contributed by atoms with Gasteiger partial charge in [-0.15, -0.1) is 0 Å². The van der Waals surface area contributed by atoms with Crippen molar-refractivity contribution in [1.82, 2.24) is 4.72 Å². The van der Waals surface area contributed by atoms with Gasteiger partial charge in [0.05, 0.1) is 10.6 Å². The summed E-state index contributed by atoms with van der Waals surface area (Å²) < 4.78 is 33.6. The van der Waals surface area contributed by atoms with Gasteiger partial charge in [0.1, 0.15) is 5.75 Å². The highest BCUT2D eigenvalue weighted by molar-refractivity contribution is 9.10. The number of benzene rings is 1. The number of nitrogens with one attached hydrogen (secondary N) is 2. The van der Waals surface area contributed by atoms with Gasteiger partial charge in [0.15, 0.2) is 6.61 Å². The average Bonchev–Trinajstić information content (AvgIpc) is 2.54. The number of hydrogen-bond acceptors (Lipinski definition) is 4. The lowest BCUT2D eigenvalue weighted by molar-refractivity contribution is -0.118. The molecule has 0 spiro atoms. The lowest BCUT2D eigenvalue weighted by atomic mass is 10.00. The van der Waals surface area contributed by atoms with Crippen molar-refractivity contribution in [3.63, 3.8) is 0 Å². The van der Waals surface area contributed by atoms with E-state index >= 15 is 0 Å². The monoisotopic (exact) mass is 418 g/mol. The summed E-state index contributed by atoms with van der Waals surface area (Å²) in [7, 11) is -3.66. The molecular weight excluding hydrogens is 396 g/mol. The van der Waals surface area contributed by atoms with E-state index in [2.05, 4.69) is 39.8 Å². The van der Waals surface area contributed by atoms with E-state index in [1.807, 2.05) is 0 Å². The molecule has 1 heterocycles. The number of unbranched alkanes of at least 4 members (excludes halogenated alkanes) is 1. The Bertz CT molecular complexity index is 706. The van der Waals surface area contributed by atoms with E-state index in [4.69, 9.17) is 4.74 Å². The van der Waals surface area contributed by atoms with Gasteiger partial charge in [0.25, 0.3) is 5.91 Å². The lowest BCUT2D eigenvalue weighted by Crippen LogP contribution is -2.30. The molecule has 0 aliphatic carbocycles. The van der Waals surface area contributed by atoms with Crippen LogP contribution in [-0.4, -0.2) is 27.5 Å². The molecule has 1 aromatic rings. The second-order valence-corrected chi connectivity index (χ2v) is 8.47. The van der Waals surface area contributed by atoms with E-state index in [0.29, 0.717) is 28.4 Å². The second kappa shape index (κ2) is 8.31. The number of amides is 1. The van der Waals surface area contributed by atoms with Crippen LogP contribution in [0, 0.1) is 5.92 Å². The summed E-state index contributed by atoms with van der Waals surface area (Å²) in [6, 6.07) is 2.99. The number of ether oxygens (including phenoxy) is 1. The van der Waals surface area contributed by atoms with Gasteiger partial charge in [-0.3, -0.25) is 4.79 Å². The summed E-state index contributed by atoms with van der Waals surface area (Å²) >= 11 is 3.27. The van der Waals surface area contributed by atoms with E-state index in [0.717, 1.165) is 25.7 Å². The quantitative estimate of drug-likeness (QED) is 0.678. The third kappa shape index (κ3) is 4.70. The molecule has 1 aliphatic heterocycles. The number of anilines is 1. The van der Waals surface area contributed by atoms with Gasteiger partial charge in [0, 0.05) is 17.1 Å². The third-order valence-electron chi connectivity index (χ3n) is 4.06. The second-order valence-electron chi connectivity index (χ2n) is 5.88. The zero-order chi connectivity index (χ0) is 17.7. The van der Waals surface area contributed by atoms with Gasteiger partial charge < -0.3 is 10.1 Å². The summed E-state index contributed by atoms with van der Waals surface area (Å²) in [6.07, 6.45) is 4.14. The first kappa shape index (κ1) is 19.2. The highest BCUT2D eigenvalue weighted by atomic mass is 79.9. The van der Waals surface area contributed by atoms with Crippen LogP contribution in [-0.2, 0) is 14.8 Å². The number of rotatable bonds is 8. The molecule has 0 bridgehead atoms. The lowest BCUT2D eigenvalue weighted by Gasteiger charge is -2.20. The highest BCUT2D eigenvalue weighted by Crippen LogP contribution is 2.35. The molecule has 1 aliphatic rings. The van der Waals surface area contributed by atoms with Crippen LogP contribution in [0.25, 0.3) is 0 Å². The van der Waals surface area contributed by atoms with Gasteiger partial charge in [-0.25, -0.2) is 13.1 Å². The van der Waals surface area contributed by atoms with Crippen molar-refractivity contribution >= 4 is 37.5 Å². The summed E-state index contributed by atoms with van der Waals surface area (Å²) in [6.45, 7) is 4.50. The van der Waals surface area contributed by atoms with E-state index in [-0.39, 0.29) is 17.4 Å². The number of fused-ring (bicyclic) bond motifs is 1. The smallest absolute Gasteiger partial charge is 0.262 e. The Hall–Kier alpha value is -1.12. The van der Waals surface area contributed by atoms with Crippen LogP contribution in [0.1, 0.15) is 39.5 Å². The van der Waals surface area contributed by atoms with Gasteiger partial charge in [-0.1, -0.05) is 33.1 Å². The van der Waals surface area contributed by atoms with E-state index in [1.165, 1.54) is 6.07 Å².